The van der Waals surface area contributed by atoms with Crippen LogP contribution in [0.4, 0.5) is 5.82 Å². The molecule has 0 radical (unpaired) electrons. The molecule has 1 fully saturated rings. The van der Waals surface area contributed by atoms with Crippen LogP contribution in [0.5, 0.6) is 0 Å². The molecule has 1 aromatic rings. The molecule has 0 saturated heterocycles. The van der Waals surface area contributed by atoms with Crippen LogP contribution in [0.1, 0.15) is 46.5 Å². The zero-order valence-corrected chi connectivity index (χ0v) is 14.4. The zero-order valence-electron chi connectivity index (χ0n) is 12.9. The summed E-state index contributed by atoms with van der Waals surface area (Å²) in [6.45, 7) is 5.74. The van der Waals surface area contributed by atoms with Gasteiger partial charge in [-0.3, -0.25) is 4.79 Å². The maximum Gasteiger partial charge on any atom is 0.309 e. The minimum atomic E-state index is -0.395. The fourth-order valence-electron chi connectivity index (χ4n) is 2.53. The highest BCUT2D eigenvalue weighted by molar-refractivity contribution is 9.10. The molecule has 0 atom stereocenters. The molecule has 1 N–H and O–H groups in total. The summed E-state index contributed by atoms with van der Waals surface area (Å²) in [5.74, 6) is 0.877. The molecule has 1 aromatic heterocycles. The number of pyridine rings is 1. The van der Waals surface area contributed by atoms with E-state index in [0.717, 1.165) is 36.0 Å². The summed E-state index contributed by atoms with van der Waals surface area (Å²) >= 11 is 3.38. The highest BCUT2D eigenvalue weighted by Crippen LogP contribution is 2.28. The van der Waals surface area contributed by atoms with Crippen molar-refractivity contribution in [2.75, 3.05) is 5.32 Å². The number of carbonyl (C=O) groups excluding carboxylic acids is 1. The number of hydrogen-bond donors (Lipinski definition) is 1. The standard InChI is InChI=1S/C16H23BrN2O2/c1-16(2,3)21-15(20)11-4-7-13(8-5-11)19-14-9-6-12(17)10-18-14/h6,9-11,13H,4-5,7-8H2,1-3H3,(H,18,19). The van der Waals surface area contributed by atoms with Gasteiger partial charge in [0.1, 0.15) is 11.4 Å². The minimum Gasteiger partial charge on any atom is -0.460 e. The summed E-state index contributed by atoms with van der Waals surface area (Å²) in [6, 6.07) is 4.32. The summed E-state index contributed by atoms with van der Waals surface area (Å²) < 4.78 is 6.44. The van der Waals surface area contributed by atoms with E-state index >= 15 is 0 Å². The Morgan fingerprint density at radius 2 is 1.95 bits per heavy atom. The van der Waals surface area contributed by atoms with Crippen molar-refractivity contribution in [1.29, 1.82) is 0 Å². The number of nitrogens with one attached hydrogen (secondary N) is 1. The van der Waals surface area contributed by atoms with E-state index in [1.807, 2.05) is 32.9 Å². The number of esters is 1. The lowest BCUT2D eigenvalue weighted by atomic mass is 9.86. The molecule has 1 heterocycles. The van der Waals surface area contributed by atoms with Crippen molar-refractivity contribution in [3.05, 3.63) is 22.8 Å². The van der Waals surface area contributed by atoms with Crippen LogP contribution in [0.25, 0.3) is 0 Å². The van der Waals surface area contributed by atoms with Gasteiger partial charge in [0.05, 0.1) is 5.92 Å². The molecule has 116 valence electrons. The van der Waals surface area contributed by atoms with Gasteiger partial charge in [0, 0.05) is 16.7 Å². The fourth-order valence-corrected chi connectivity index (χ4v) is 2.76. The number of rotatable bonds is 3. The smallest absolute Gasteiger partial charge is 0.309 e. The van der Waals surface area contributed by atoms with E-state index in [1.54, 1.807) is 6.20 Å². The molecule has 0 aromatic carbocycles. The molecule has 21 heavy (non-hydrogen) atoms. The Morgan fingerprint density at radius 1 is 1.29 bits per heavy atom. The molecule has 0 aliphatic heterocycles. The lowest BCUT2D eigenvalue weighted by Crippen LogP contribution is -2.34. The second kappa shape index (κ2) is 6.77. The van der Waals surface area contributed by atoms with E-state index < -0.39 is 5.60 Å². The van der Waals surface area contributed by atoms with Crippen LogP contribution in [0, 0.1) is 5.92 Å². The highest BCUT2D eigenvalue weighted by Gasteiger charge is 2.29. The summed E-state index contributed by atoms with van der Waals surface area (Å²) in [5.41, 5.74) is -0.395. The Balaban J connectivity index is 1.80. The van der Waals surface area contributed by atoms with Crippen LogP contribution >= 0.6 is 15.9 Å². The number of ether oxygens (including phenoxy) is 1. The third kappa shape index (κ3) is 5.30. The SMILES string of the molecule is CC(C)(C)OC(=O)C1CCC(Nc2ccc(Br)cn2)CC1. The topological polar surface area (TPSA) is 51.2 Å². The monoisotopic (exact) mass is 354 g/mol. The van der Waals surface area contributed by atoms with Crippen LogP contribution in [0.2, 0.25) is 0 Å². The fraction of sp³-hybridized carbons (Fsp3) is 0.625. The van der Waals surface area contributed by atoms with Crippen molar-refractivity contribution in [1.82, 2.24) is 4.98 Å². The number of halogens is 1. The Morgan fingerprint density at radius 3 is 2.48 bits per heavy atom. The van der Waals surface area contributed by atoms with E-state index in [9.17, 15) is 4.79 Å². The predicted octanol–water partition coefficient (Wildman–Crippen LogP) is 4.16. The van der Waals surface area contributed by atoms with E-state index in [0.29, 0.717) is 6.04 Å². The lowest BCUT2D eigenvalue weighted by Gasteiger charge is -2.30. The van der Waals surface area contributed by atoms with E-state index in [2.05, 4.69) is 26.2 Å². The van der Waals surface area contributed by atoms with Gasteiger partial charge in [-0.2, -0.15) is 0 Å². The van der Waals surface area contributed by atoms with Gasteiger partial charge in [-0.25, -0.2) is 4.98 Å². The lowest BCUT2D eigenvalue weighted by molar-refractivity contribution is -0.161. The molecule has 1 aliphatic rings. The number of hydrogen-bond acceptors (Lipinski definition) is 4. The van der Waals surface area contributed by atoms with Crippen molar-refractivity contribution in [2.24, 2.45) is 5.92 Å². The average Bonchev–Trinajstić information content (AvgIpc) is 2.40. The summed E-state index contributed by atoms with van der Waals surface area (Å²) in [7, 11) is 0. The average molecular weight is 355 g/mol. The van der Waals surface area contributed by atoms with E-state index in [1.165, 1.54) is 0 Å². The van der Waals surface area contributed by atoms with Crippen LogP contribution in [0.3, 0.4) is 0 Å². The Kier molecular flexibility index (Phi) is 5.25. The normalized spacial score (nSPS) is 22.7. The first-order chi connectivity index (χ1) is 9.83. The first kappa shape index (κ1) is 16.3. The van der Waals surface area contributed by atoms with Crippen LogP contribution in [0.15, 0.2) is 22.8 Å². The summed E-state index contributed by atoms with van der Waals surface area (Å²) in [6.07, 6.45) is 5.49. The molecule has 4 nitrogen and oxygen atoms in total. The first-order valence-electron chi connectivity index (χ1n) is 7.44. The number of aromatic nitrogens is 1. The van der Waals surface area contributed by atoms with Gasteiger partial charge in [0.25, 0.3) is 0 Å². The summed E-state index contributed by atoms with van der Waals surface area (Å²) in [4.78, 5) is 16.4. The Hall–Kier alpha value is -1.10. The molecular weight excluding hydrogens is 332 g/mol. The van der Waals surface area contributed by atoms with Crippen LogP contribution in [-0.2, 0) is 9.53 Å². The molecule has 0 unspecified atom stereocenters. The third-order valence-corrected chi connectivity index (χ3v) is 4.02. The Bertz CT molecular complexity index is 474. The van der Waals surface area contributed by atoms with Gasteiger partial charge in [0.2, 0.25) is 0 Å². The number of carbonyl (C=O) groups is 1. The van der Waals surface area contributed by atoms with Crippen molar-refractivity contribution in [3.63, 3.8) is 0 Å². The zero-order chi connectivity index (χ0) is 15.5. The molecular formula is C16H23BrN2O2. The van der Waals surface area contributed by atoms with Crippen molar-refractivity contribution in [3.8, 4) is 0 Å². The van der Waals surface area contributed by atoms with Gasteiger partial charge >= 0.3 is 5.97 Å². The molecule has 5 heteroatoms. The highest BCUT2D eigenvalue weighted by atomic mass is 79.9. The second-order valence-electron chi connectivity index (χ2n) is 6.59. The van der Waals surface area contributed by atoms with Gasteiger partial charge in [-0.1, -0.05) is 0 Å². The van der Waals surface area contributed by atoms with Gasteiger partial charge < -0.3 is 10.1 Å². The van der Waals surface area contributed by atoms with Gasteiger partial charge in [-0.15, -0.1) is 0 Å². The molecule has 1 aliphatic carbocycles. The van der Waals surface area contributed by atoms with Gasteiger partial charge in [0.15, 0.2) is 0 Å². The maximum atomic E-state index is 12.1. The van der Waals surface area contributed by atoms with Crippen LogP contribution < -0.4 is 5.32 Å². The maximum absolute atomic E-state index is 12.1. The molecule has 0 amide bonds. The number of anilines is 1. The summed E-state index contributed by atoms with van der Waals surface area (Å²) in [5, 5.41) is 3.43. The van der Waals surface area contributed by atoms with Crippen molar-refractivity contribution >= 4 is 27.7 Å². The van der Waals surface area contributed by atoms with Crippen molar-refractivity contribution < 1.29 is 9.53 Å². The number of nitrogens with zero attached hydrogens (tertiary/aromatic N) is 1. The van der Waals surface area contributed by atoms with E-state index in [4.69, 9.17) is 4.74 Å². The van der Waals surface area contributed by atoms with Crippen molar-refractivity contribution in [2.45, 2.75) is 58.1 Å². The Labute approximate surface area is 134 Å². The molecule has 2 rings (SSSR count). The van der Waals surface area contributed by atoms with Crippen LogP contribution in [-0.4, -0.2) is 22.6 Å². The van der Waals surface area contributed by atoms with E-state index in [-0.39, 0.29) is 11.9 Å². The largest absolute Gasteiger partial charge is 0.460 e. The molecule has 0 bridgehead atoms. The predicted molar refractivity (Wildman–Crippen MR) is 87.2 cm³/mol. The third-order valence-electron chi connectivity index (χ3n) is 3.55. The quantitative estimate of drug-likeness (QED) is 0.828. The first-order valence-corrected chi connectivity index (χ1v) is 8.24. The van der Waals surface area contributed by atoms with Gasteiger partial charge in [-0.05, 0) is 74.5 Å². The molecule has 0 spiro atoms. The molecule has 1 saturated carbocycles. The minimum absolute atomic E-state index is 0.0418. The second-order valence-corrected chi connectivity index (χ2v) is 7.50.